The number of hydrogen-bond acceptors (Lipinski definition) is 5. The number of carboxylic acids is 1. The SMILES string of the molecule is COCCCOCCOc1nc2c(cc1C(=O)O)CCC2. The third-order valence-corrected chi connectivity index (χ3v) is 3.35. The first-order chi connectivity index (χ1) is 10.2. The van der Waals surface area contributed by atoms with Gasteiger partial charge in [-0.15, -0.1) is 0 Å². The van der Waals surface area contributed by atoms with E-state index in [0.29, 0.717) is 26.4 Å². The lowest BCUT2D eigenvalue weighted by molar-refractivity contribution is 0.0672. The number of ether oxygens (including phenoxy) is 3. The lowest BCUT2D eigenvalue weighted by Gasteiger charge is -2.10. The first-order valence-electron chi connectivity index (χ1n) is 7.18. The molecule has 0 aromatic carbocycles. The van der Waals surface area contributed by atoms with Crippen molar-refractivity contribution in [3.05, 3.63) is 22.9 Å². The van der Waals surface area contributed by atoms with E-state index in [1.54, 1.807) is 13.2 Å². The molecule has 0 saturated carbocycles. The minimum Gasteiger partial charge on any atom is -0.477 e. The van der Waals surface area contributed by atoms with Crippen LogP contribution in [0.4, 0.5) is 0 Å². The number of fused-ring (bicyclic) bond motifs is 1. The van der Waals surface area contributed by atoms with Crippen molar-refractivity contribution in [1.29, 1.82) is 0 Å². The summed E-state index contributed by atoms with van der Waals surface area (Å²) < 4.78 is 15.8. The van der Waals surface area contributed by atoms with Crippen LogP contribution < -0.4 is 4.74 Å². The van der Waals surface area contributed by atoms with E-state index < -0.39 is 5.97 Å². The van der Waals surface area contributed by atoms with Crippen molar-refractivity contribution in [3.63, 3.8) is 0 Å². The van der Waals surface area contributed by atoms with Crippen molar-refractivity contribution in [2.75, 3.05) is 33.5 Å². The van der Waals surface area contributed by atoms with Gasteiger partial charge in [-0.2, -0.15) is 0 Å². The highest BCUT2D eigenvalue weighted by Crippen LogP contribution is 2.26. The van der Waals surface area contributed by atoms with Gasteiger partial charge in [0.05, 0.1) is 6.61 Å². The number of aromatic carboxylic acids is 1. The van der Waals surface area contributed by atoms with E-state index in [-0.39, 0.29) is 11.4 Å². The zero-order chi connectivity index (χ0) is 15.1. The van der Waals surface area contributed by atoms with Gasteiger partial charge in [-0.3, -0.25) is 0 Å². The quantitative estimate of drug-likeness (QED) is 0.699. The molecular weight excluding hydrogens is 274 g/mol. The van der Waals surface area contributed by atoms with Crippen molar-refractivity contribution in [2.24, 2.45) is 0 Å². The number of nitrogens with zero attached hydrogens (tertiary/aromatic N) is 1. The van der Waals surface area contributed by atoms with E-state index in [1.807, 2.05) is 0 Å². The Morgan fingerprint density at radius 2 is 2.14 bits per heavy atom. The Bertz CT molecular complexity index is 489. The highest BCUT2D eigenvalue weighted by atomic mass is 16.5. The van der Waals surface area contributed by atoms with E-state index in [1.165, 1.54) is 0 Å². The second-order valence-corrected chi connectivity index (χ2v) is 4.91. The van der Waals surface area contributed by atoms with E-state index in [9.17, 15) is 9.90 Å². The zero-order valence-electron chi connectivity index (χ0n) is 12.3. The number of carbonyl (C=O) groups is 1. The van der Waals surface area contributed by atoms with Crippen molar-refractivity contribution in [3.8, 4) is 5.88 Å². The summed E-state index contributed by atoms with van der Waals surface area (Å²) in [5.74, 6) is -0.808. The van der Waals surface area contributed by atoms with Crippen LogP contribution in [0.15, 0.2) is 6.07 Å². The molecule has 0 fully saturated rings. The summed E-state index contributed by atoms with van der Waals surface area (Å²) in [4.78, 5) is 15.6. The number of rotatable bonds is 9. The second kappa shape index (κ2) is 7.95. The fraction of sp³-hybridized carbons (Fsp3) is 0.600. The van der Waals surface area contributed by atoms with E-state index in [0.717, 1.165) is 36.9 Å². The van der Waals surface area contributed by atoms with Crippen molar-refractivity contribution in [1.82, 2.24) is 4.98 Å². The molecule has 1 aromatic rings. The highest BCUT2D eigenvalue weighted by Gasteiger charge is 2.20. The number of methoxy groups -OCH3 is 1. The molecule has 116 valence electrons. The molecule has 1 aromatic heterocycles. The Balaban J connectivity index is 1.86. The molecule has 0 aliphatic heterocycles. The van der Waals surface area contributed by atoms with E-state index >= 15 is 0 Å². The monoisotopic (exact) mass is 295 g/mol. The van der Waals surface area contributed by atoms with Gasteiger partial charge >= 0.3 is 5.97 Å². The van der Waals surface area contributed by atoms with Crippen LogP contribution in [0.25, 0.3) is 0 Å². The molecule has 21 heavy (non-hydrogen) atoms. The summed E-state index contributed by atoms with van der Waals surface area (Å²) in [5, 5.41) is 9.23. The van der Waals surface area contributed by atoms with Crippen LogP contribution in [0.2, 0.25) is 0 Å². The molecule has 6 heteroatoms. The maximum absolute atomic E-state index is 11.3. The maximum atomic E-state index is 11.3. The van der Waals surface area contributed by atoms with Crippen LogP contribution >= 0.6 is 0 Å². The molecule has 1 aliphatic rings. The summed E-state index contributed by atoms with van der Waals surface area (Å²) in [6.45, 7) is 1.96. The molecule has 0 spiro atoms. The number of aryl methyl sites for hydroxylation is 2. The van der Waals surface area contributed by atoms with Crippen molar-refractivity contribution in [2.45, 2.75) is 25.7 Å². The minimum atomic E-state index is -1.01. The Hall–Kier alpha value is -1.66. The van der Waals surface area contributed by atoms with Gasteiger partial charge in [0.2, 0.25) is 5.88 Å². The first kappa shape index (κ1) is 15.7. The summed E-state index contributed by atoms with van der Waals surface area (Å²) in [7, 11) is 1.65. The van der Waals surface area contributed by atoms with Gasteiger partial charge < -0.3 is 19.3 Å². The number of hydrogen-bond donors (Lipinski definition) is 1. The lowest BCUT2D eigenvalue weighted by Crippen LogP contribution is -2.12. The molecular formula is C15H21NO5. The summed E-state index contributed by atoms with van der Waals surface area (Å²) in [5.41, 5.74) is 2.11. The van der Waals surface area contributed by atoms with Gasteiger partial charge in [-0.25, -0.2) is 9.78 Å². The van der Waals surface area contributed by atoms with E-state index in [4.69, 9.17) is 14.2 Å². The Labute approximate surface area is 124 Å². The Morgan fingerprint density at radius 3 is 2.90 bits per heavy atom. The van der Waals surface area contributed by atoms with Crippen LogP contribution in [0.3, 0.4) is 0 Å². The topological polar surface area (TPSA) is 77.9 Å². The predicted octanol–water partition coefficient (Wildman–Crippen LogP) is 1.70. The van der Waals surface area contributed by atoms with Crippen molar-refractivity contribution < 1.29 is 24.1 Å². The van der Waals surface area contributed by atoms with Crippen LogP contribution in [0.5, 0.6) is 5.88 Å². The fourth-order valence-electron chi connectivity index (χ4n) is 2.32. The van der Waals surface area contributed by atoms with Gasteiger partial charge in [0.25, 0.3) is 0 Å². The Kier molecular flexibility index (Phi) is 5.95. The molecule has 1 aliphatic carbocycles. The largest absolute Gasteiger partial charge is 0.477 e. The maximum Gasteiger partial charge on any atom is 0.341 e. The van der Waals surface area contributed by atoms with Gasteiger partial charge in [0.15, 0.2) is 0 Å². The van der Waals surface area contributed by atoms with Gasteiger partial charge in [-0.1, -0.05) is 0 Å². The number of carboxylic acid groups (broad SMARTS) is 1. The molecule has 0 saturated heterocycles. The molecule has 0 radical (unpaired) electrons. The average molecular weight is 295 g/mol. The smallest absolute Gasteiger partial charge is 0.341 e. The van der Waals surface area contributed by atoms with Gasteiger partial charge in [-0.05, 0) is 37.3 Å². The molecule has 0 bridgehead atoms. The summed E-state index contributed by atoms with van der Waals surface area (Å²) in [6, 6.07) is 1.69. The standard InChI is InChI=1S/C15H21NO5/c1-19-6-3-7-20-8-9-21-14-12(15(17)18)10-11-4-2-5-13(11)16-14/h10H,2-9H2,1H3,(H,17,18). The van der Waals surface area contributed by atoms with Crippen molar-refractivity contribution >= 4 is 5.97 Å². The summed E-state index contributed by atoms with van der Waals surface area (Å²) >= 11 is 0. The third-order valence-electron chi connectivity index (χ3n) is 3.35. The molecule has 2 rings (SSSR count). The minimum absolute atomic E-state index is 0.134. The lowest BCUT2D eigenvalue weighted by atomic mass is 10.1. The predicted molar refractivity (Wildman–Crippen MR) is 76.0 cm³/mol. The highest BCUT2D eigenvalue weighted by molar-refractivity contribution is 5.90. The second-order valence-electron chi connectivity index (χ2n) is 4.91. The first-order valence-corrected chi connectivity index (χ1v) is 7.18. The molecule has 1 heterocycles. The van der Waals surface area contributed by atoms with Crippen LogP contribution in [-0.4, -0.2) is 49.6 Å². The Morgan fingerprint density at radius 1 is 1.29 bits per heavy atom. The van der Waals surface area contributed by atoms with Crippen LogP contribution in [0, 0.1) is 0 Å². The molecule has 0 unspecified atom stereocenters. The van der Waals surface area contributed by atoms with Crippen LogP contribution in [0.1, 0.15) is 34.5 Å². The van der Waals surface area contributed by atoms with Gasteiger partial charge in [0, 0.05) is 26.0 Å². The molecule has 6 nitrogen and oxygen atoms in total. The van der Waals surface area contributed by atoms with E-state index in [2.05, 4.69) is 4.98 Å². The summed E-state index contributed by atoms with van der Waals surface area (Å²) in [6.07, 6.45) is 3.63. The average Bonchev–Trinajstić information content (AvgIpc) is 2.92. The molecule has 1 N–H and O–H groups in total. The molecule has 0 amide bonds. The number of pyridine rings is 1. The number of aromatic nitrogens is 1. The molecule has 0 atom stereocenters. The zero-order valence-corrected chi connectivity index (χ0v) is 12.3. The normalized spacial score (nSPS) is 13.2. The fourth-order valence-corrected chi connectivity index (χ4v) is 2.32. The van der Waals surface area contributed by atoms with Crippen LogP contribution in [-0.2, 0) is 22.3 Å². The van der Waals surface area contributed by atoms with Gasteiger partial charge in [0.1, 0.15) is 12.2 Å². The third kappa shape index (κ3) is 4.41.